The minimum absolute atomic E-state index is 0.0306. The van der Waals surface area contributed by atoms with Gasteiger partial charge >= 0.3 is 6.16 Å². The Morgan fingerprint density at radius 1 is 1.24 bits per heavy atom. The van der Waals surface area contributed by atoms with Gasteiger partial charge in [-0.3, -0.25) is 10.1 Å². The average Bonchev–Trinajstić information content (AvgIpc) is 3.01. The molecule has 0 saturated heterocycles. The summed E-state index contributed by atoms with van der Waals surface area (Å²) in [4.78, 5) is 21.0. The van der Waals surface area contributed by atoms with Crippen molar-refractivity contribution in [2.24, 2.45) is 0 Å². The molecular formula is C13H7NO7. The van der Waals surface area contributed by atoms with Crippen molar-refractivity contribution in [2.75, 3.05) is 0 Å². The van der Waals surface area contributed by atoms with Crippen LogP contribution in [0, 0.1) is 10.1 Å². The van der Waals surface area contributed by atoms with Crippen molar-refractivity contribution >= 4 is 23.0 Å². The van der Waals surface area contributed by atoms with Crippen LogP contribution >= 0.6 is 0 Å². The second-order valence-electron chi connectivity index (χ2n) is 4.08. The van der Waals surface area contributed by atoms with Gasteiger partial charge in [-0.25, -0.2) is 4.79 Å². The highest BCUT2D eigenvalue weighted by Gasteiger charge is 2.19. The minimum Gasteiger partial charge on any atom is -0.449 e. The van der Waals surface area contributed by atoms with E-state index < -0.39 is 11.1 Å². The third-order valence-electron chi connectivity index (χ3n) is 2.87. The summed E-state index contributed by atoms with van der Waals surface area (Å²) in [6.45, 7) is 0. The third-order valence-corrected chi connectivity index (χ3v) is 2.87. The quantitative estimate of drug-likeness (QED) is 0.338. The van der Waals surface area contributed by atoms with Gasteiger partial charge in [0.05, 0.1) is 16.6 Å². The standard InChI is InChI=1S/C13H7NO7/c15-13(16)21-11-2-1-7(14(17)18)5-9(11)10-6-20-12-8(10)3-4-19-12/h1-6H,(H,15,16). The Labute approximate surface area is 116 Å². The normalized spacial score (nSPS) is 10.7. The van der Waals surface area contributed by atoms with E-state index in [4.69, 9.17) is 13.9 Å². The first-order valence-electron chi connectivity index (χ1n) is 5.70. The summed E-state index contributed by atoms with van der Waals surface area (Å²) in [5, 5.41) is 20.2. The molecule has 0 saturated carbocycles. The van der Waals surface area contributed by atoms with Crippen molar-refractivity contribution < 1.29 is 28.4 Å². The second-order valence-corrected chi connectivity index (χ2v) is 4.08. The van der Waals surface area contributed by atoms with Gasteiger partial charge in [-0.05, 0) is 12.1 Å². The second kappa shape index (κ2) is 4.67. The number of carbonyl (C=O) groups is 1. The van der Waals surface area contributed by atoms with Gasteiger partial charge in [0.1, 0.15) is 12.0 Å². The lowest BCUT2D eigenvalue weighted by Gasteiger charge is -2.06. The number of ether oxygens (including phenoxy) is 1. The van der Waals surface area contributed by atoms with Crippen molar-refractivity contribution in [3.8, 4) is 16.9 Å². The largest absolute Gasteiger partial charge is 0.511 e. The molecule has 0 aliphatic heterocycles. The maximum atomic E-state index is 10.9. The fraction of sp³-hybridized carbons (Fsp3) is 0. The summed E-state index contributed by atoms with van der Waals surface area (Å²) < 4.78 is 14.9. The molecule has 1 N–H and O–H groups in total. The molecule has 2 heterocycles. The van der Waals surface area contributed by atoms with Crippen molar-refractivity contribution in [1.82, 2.24) is 0 Å². The zero-order valence-corrected chi connectivity index (χ0v) is 10.3. The molecule has 0 aliphatic carbocycles. The zero-order valence-electron chi connectivity index (χ0n) is 10.3. The third kappa shape index (κ3) is 2.18. The molecule has 106 valence electrons. The molecule has 0 fully saturated rings. The summed E-state index contributed by atoms with van der Waals surface area (Å²) in [6, 6.07) is 5.21. The van der Waals surface area contributed by atoms with Crippen molar-refractivity contribution in [2.45, 2.75) is 0 Å². The zero-order chi connectivity index (χ0) is 15.0. The van der Waals surface area contributed by atoms with Crippen LogP contribution in [0.1, 0.15) is 0 Å². The first-order chi connectivity index (χ1) is 10.1. The van der Waals surface area contributed by atoms with Crippen LogP contribution in [0.15, 0.2) is 45.6 Å². The SMILES string of the molecule is O=C(O)Oc1ccc([N+](=O)[O-])cc1-c1coc2occc12. The Bertz CT molecular complexity index is 845. The van der Waals surface area contributed by atoms with E-state index in [1.165, 1.54) is 24.7 Å². The van der Waals surface area contributed by atoms with E-state index in [1.807, 2.05) is 0 Å². The average molecular weight is 289 g/mol. The minimum atomic E-state index is -1.52. The summed E-state index contributed by atoms with van der Waals surface area (Å²) in [7, 11) is 0. The van der Waals surface area contributed by atoms with E-state index in [9.17, 15) is 14.9 Å². The molecule has 0 bridgehead atoms. The lowest BCUT2D eigenvalue weighted by Crippen LogP contribution is -2.04. The number of nitrogens with zero attached hydrogens (tertiary/aromatic N) is 1. The van der Waals surface area contributed by atoms with E-state index in [2.05, 4.69) is 4.74 Å². The fourth-order valence-corrected chi connectivity index (χ4v) is 2.00. The van der Waals surface area contributed by atoms with E-state index in [-0.39, 0.29) is 22.8 Å². The Hall–Kier alpha value is -3.29. The predicted octanol–water partition coefficient (Wildman–Crippen LogP) is 3.66. The highest BCUT2D eigenvalue weighted by atomic mass is 16.7. The maximum absolute atomic E-state index is 10.9. The van der Waals surface area contributed by atoms with Crippen molar-refractivity contribution in [3.05, 3.63) is 46.9 Å². The number of nitro groups is 1. The number of nitro benzene ring substituents is 1. The monoisotopic (exact) mass is 289 g/mol. The molecule has 8 heteroatoms. The first-order valence-corrected chi connectivity index (χ1v) is 5.70. The number of non-ortho nitro benzene ring substituents is 1. The molecule has 1 aromatic carbocycles. The van der Waals surface area contributed by atoms with E-state index in [0.29, 0.717) is 10.9 Å². The lowest BCUT2D eigenvalue weighted by molar-refractivity contribution is -0.384. The van der Waals surface area contributed by atoms with Gasteiger partial charge in [0.2, 0.25) is 0 Å². The molecule has 0 aliphatic rings. The van der Waals surface area contributed by atoms with Crippen LogP contribution in [-0.4, -0.2) is 16.2 Å². The number of fused-ring (bicyclic) bond motifs is 1. The van der Waals surface area contributed by atoms with E-state index >= 15 is 0 Å². The van der Waals surface area contributed by atoms with Gasteiger partial charge in [-0.15, -0.1) is 0 Å². The smallest absolute Gasteiger partial charge is 0.449 e. The van der Waals surface area contributed by atoms with Gasteiger partial charge in [0, 0.05) is 23.3 Å². The molecule has 2 aromatic heterocycles. The molecule has 0 amide bonds. The number of furan rings is 2. The van der Waals surface area contributed by atoms with Crippen LogP contribution in [0.2, 0.25) is 0 Å². The molecule has 3 rings (SSSR count). The predicted molar refractivity (Wildman–Crippen MR) is 69.2 cm³/mol. The number of benzene rings is 1. The number of carboxylic acid groups (broad SMARTS) is 1. The number of hydrogen-bond donors (Lipinski definition) is 1. The van der Waals surface area contributed by atoms with Crippen LogP contribution < -0.4 is 4.74 Å². The van der Waals surface area contributed by atoms with Gasteiger partial charge in [0.15, 0.2) is 0 Å². The van der Waals surface area contributed by atoms with Gasteiger partial charge < -0.3 is 18.7 Å². The highest BCUT2D eigenvalue weighted by Crippen LogP contribution is 2.38. The summed E-state index contributed by atoms with van der Waals surface area (Å²) in [5.41, 5.74) is 0.478. The number of rotatable bonds is 3. The number of hydrogen-bond acceptors (Lipinski definition) is 6. The topological polar surface area (TPSA) is 116 Å². The van der Waals surface area contributed by atoms with Gasteiger partial charge in [-0.2, -0.15) is 0 Å². The van der Waals surface area contributed by atoms with Crippen LogP contribution in [0.5, 0.6) is 5.75 Å². The molecule has 3 aromatic rings. The molecule has 8 nitrogen and oxygen atoms in total. The van der Waals surface area contributed by atoms with Crippen LogP contribution in [0.25, 0.3) is 22.3 Å². The Kier molecular flexibility index (Phi) is 2.83. The van der Waals surface area contributed by atoms with Crippen LogP contribution in [-0.2, 0) is 0 Å². The maximum Gasteiger partial charge on any atom is 0.511 e. The fourth-order valence-electron chi connectivity index (χ4n) is 2.00. The molecule has 0 unspecified atom stereocenters. The Balaban J connectivity index is 2.22. The molecular weight excluding hydrogens is 282 g/mol. The van der Waals surface area contributed by atoms with Crippen molar-refractivity contribution in [3.63, 3.8) is 0 Å². The summed E-state index contributed by atoms with van der Waals surface area (Å²) in [6.07, 6.45) is 1.20. The summed E-state index contributed by atoms with van der Waals surface area (Å²) in [5.74, 6) is 0.204. The Morgan fingerprint density at radius 2 is 2.05 bits per heavy atom. The molecule has 0 atom stereocenters. The molecule has 21 heavy (non-hydrogen) atoms. The van der Waals surface area contributed by atoms with E-state index in [1.54, 1.807) is 6.07 Å². The van der Waals surface area contributed by atoms with Gasteiger partial charge in [-0.1, -0.05) is 0 Å². The van der Waals surface area contributed by atoms with Crippen molar-refractivity contribution in [1.29, 1.82) is 0 Å². The molecule has 0 radical (unpaired) electrons. The van der Waals surface area contributed by atoms with Crippen LogP contribution in [0.4, 0.5) is 10.5 Å². The van der Waals surface area contributed by atoms with Crippen LogP contribution in [0.3, 0.4) is 0 Å². The van der Waals surface area contributed by atoms with E-state index in [0.717, 1.165) is 6.07 Å². The molecule has 0 spiro atoms. The summed E-state index contributed by atoms with van der Waals surface area (Å²) >= 11 is 0. The first kappa shape index (κ1) is 12.7. The van der Waals surface area contributed by atoms with Gasteiger partial charge in [0.25, 0.3) is 11.5 Å². The lowest BCUT2D eigenvalue weighted by atomic mass is 10.0. The highest BCUT2D eigenvalue weighted by molar-refractivity contribution is 5.94. The Morgan fingerprint density at radius 3 is 2.76 bits per heavy atom.